The average molecular weight is 226 g/mol. The second kappa shape index (κ2) is 4.50. The third-order valence-electron chi connectivity index (χ3n) is 1.65. The lowest BCUT2D eigenvalue weighted by Gasteiger charge is -2.11. The van der Waals surface area contributed by atoms with Crippen LogP contribution in [0, 0.1) is 5.82 Å². The van der Waals surface area contributed by atoms with E-state index in [0.29, 0.717) is 6.20 Å². The van der Waals surface area contributed by atoms with Crippen LogP contribution in [0.25, 0.3) is 0 Å². The van der Waals surface area contributed by atoms with Crippen molar-refractivity contribution >= 4 is 11.6 Å². The summed E-state index contributed by atoms with van der Waals surface area (Å²) in [5.41, 5.74) is -0.691. The zero-order valence-electron chi connectivity index (χ0n) is 7.23. The van der Waals surface area contributed by atoms with Crippen LogP contribution in [-0.4, -0.2) is 12.1 Å². The maximum atomic E-state index is 12.9. The SMILES string of the molecule is COc1c(CCl)ncc(F)c1C(F)F. The standard InChI is InChI=1S/C8H7ClF3NO/c1-14-7-5(2-9)13-3-4(10)6(7)8(11)12/h3,8H,2H2,1H3. The number of rotatable bonds is 3. The third-order valence-corrected chi connectivity index (χ3v) is 1.90. The summed E-state index contributed by atoms with van der Waals surface area (Å²) in [6.45, 7) is 0. The van der Waals surface area contributed by atoms with Crippen LogP contribution in [0.1, 0.15) is 17.7 Å². The monoisotopic (exact) mass is 225 g/mol. The molecule has 6 heteroatoms. The number of nitrogens with zero attached hydrogens (tertiary/aromatic N) is 1. The molecule has 0 unspecified atom stereocenters. The Morgan fingerprint density at radius 2 is 2.21 bits per heavy atom. The smallest absolute Gasteiger partial charge is 0.270 e. The van der Waals surface area contributed by atoms with Gasteiger partial charge in [-0.15, -0.1) is 11.6 Å². The molecule has 0 spiro atoms. The van der Waals surface area contributed by atoms with E-state index in [2.05, 4.69) is 9.72 Å². The van der Waals surface area contributed by atoms with Crippen LogP contribution in [0.15, 0.2) is 6.20 Å². The molecule has 0 fully saturated rings. The molecule has 2 nitrogen and oxygen atoms in total. The summed E-state index contributed by atoms with van der Waals surface area (Å²) in [5.74, 6) is -1.48. The lowest BCUT2D eigenvalue weighted by molar-refractivity contribution is 0.141. The summed E-state index contributed by atoms with van der Waals surface area (Å²) in [7, 11) is 1.17. The fourth-order valence-electron chi connectivity index (χ4n) is 1.05. The molecule has 78 valence electrons. The quantitative estimate of drug-likeness (QED) is 0.738. The van der Waals surface area contributed by atoms with Crippen LogP contribution in [0.5, 0.6) is 5.75 Å². The molecule has 0 radical (unpaired) electrons. The van der Waals surface area contributed by atoms with E-state index in [9.17, 15) is 13.2 Å². The zero-order valence-corrected chi connectivity index (χ0v) is 7.99. The topological polar surface area (TPSA) is 22.1 Å². The van der Waals surface area contributed by atoms with E-state index in [1.807, 2.05) is 0 Å². The first kappa shape index (κ1) is 11.1. The van der Waals surface area contributed by atoms with Gasteiger partial charge in [-0.25, -0.2) is 13.2 Å². The molecule has 0 bridgehead atoms. The van der Waals surface area contributed by atoms with Crippen molar-refractivity contribution in [3.8, 4) is 5.75 Å². The highest BCUT2D eigenvalue weighted by atomic mass is 35.5. The van der Waals surface area contributed by atoms with Crippen molar-refractivity contribution in [1.82, 2.24) is 4.98 Å². The minimum Gasteiger partial charge on any atom is -0.494 e. The fraction of sp³-hybridized carbons (Fsp3) is 0.375. The molecule has 1 aromatic heterocycles. The minimum atomic E-state index is -2.95. The van der Waals surface area contributed by atoms with E-state index in [4.69, 9.17) is 11.6 Å². The number of pyridine rings is 1. The van der Waals surface area contributed by atoms with Crippen molar-refractivity contribution in [3.63, 3.8) is 0 Å². The Kier molecular flexibility index (Phi) is 3.57. The van der Waals surface area contributed by atoms with Gasteiger partial charge in [-0.2, -0.15) is 0 Å². The van der Waals surface area contributed by atoms with Crippen LogP contribution in [0.2, 0.25) is 0 Å². The van der Waals surface area contributed by atoms with Crippen molar-refractivity contribution in [1.29, 1.82) is 0 Å². The Bertz CT molecular complexity index is 333. The Labute approximate surface area is 83.7 Å². The summed E-state index contributed by atoms with van der Waals surface area (Å²) < 4.78 is 42.4. The van der Waals surface area contributed by atoms with Crippen LogP contribution in [0.3, 0.4) is 0 Å². The zero-order chi connectivity index (χ0) is 10.7. The van der Waals surface area contributed by atoms with Crippen LogP contribution >= 0.6 is 11.6 Å². The third kappa shape index (κ3) is 1.92. The number of alkyl halides is 3. The van der Waals surface area contributed by atoms with E-state index in [0.717, 1.165) is 0 Å². The summed E-state index contributed by atoms with van der Waals surface area (Å²) >= 11 is 5.43. The molecule has 0 amide bonds. The molecule has 0 saturated carbocycles. The van der Waals surface area contributed by atoms with Crippen molar-refractivity contribution in [2.45, 2.75) is 12.3 Å². The molecule has 14 heavy (non-hydrogen) atoms. The summed E-state index contributed by atoms with van der Waals surface area (Å²) in [6.07, 6.45) is -2.24. The molecule has 0 atom stereocenters. The van der Waals surface area contributed by atoms with E-state index in [-0.39, 0.29) is 17.3 Å². The maximum absolute atomic E-state index is 12.9. The summed E-state index contributed by atoms with van der Waals surface area (Å²) in [6, 6.07) is 0. The van der Waals surface area contributed by atoms with E-state index in [1.54, 1.807) is 0 Å². The predicted molar refractivity (Wildman–Crippen MR) is 45.3 cm³/mol. The molecule has 0 aliphatic heterocycles. The predicted octanol–water partition coefficient (Wildman–Crippen LogP) is 2.91. The normalized spacial score (nSPS) is 10.7. The fourth-order valence-corrected chi connectivity index (χ4v) is 1.24. The van der Waals surface area contributed by atoms with Gasteiger partial charge >= 0.3 is 0 Å². The molecular formula is C8H7ClF3NO. The van der Waals surface area contributed by atoms with Gasteiger partial charge in [0.1, 0.15) is 0 Å². The number of hydrogen-bond donors (Lipinski definition) is 0. The van der Waals surface area contributed by atoms with Gasteiger partial charge in [0.2, 0.25) is 0 Å². The first-order valence-electron chi connectivity index (χ1n) is 3.67. The Balaban J connectivity index is 3.35. The molecule has 0 saturated heterocycles. The first-order valence-corrected chi connectivity index (χ1v) is 4.20. The molecule has 0 aromatic carbocycles. The lowest BCUT2D eigenvalue weighted by Crippen LogP contribution is -2.02. The number of aromatic nitrogens is 1. The molecule has 1 heterocycles. The Morgan fingerprint density at radius 1 is 1.57 bits per heavy atom. The van der Waals surface area contributed by atoms with Crippen molar-refractivity contribution < 1.29 is 17.9 Å². The van der Waals surface area contributed by atoms with E-state index < -0.39 is 17.8 Å². The lowest BCUT2D eigenvalue weighted by atomic mass is 10.2. The molecule has 0 aliphatic carbocycles. The van der Waals surface area contributed by atoms with Crippen LogP contribution in [-0.2, 0) is 5.88 Å². The second-order valence-electron chi connectivity index (χ2n) is 2.43. The highest BCUT2D eigenvalue weighted by Gasteiger charge is 2.22. The highest BCUT2D eigenvalue weighted by Crippen LogP contribution is 2.33. The number of methoxy groups -OCH3 is 1. The maximum Gasteiger partial charge on any atom is 0.270 e. The summed E-state index contributed by atoms with van der Waals surface area (Å²) in [4.78, 5) is 3.55. The molecule has 1 aromatic rings. The molecular weight excluding hydrogens is 219 g/mol. The van der Waals surface area contributed by atoms with Gasteiger partial charge in [-0.3, -0.25) is 4.98 Å². The van der Waals surface area contributed by atoms with Crippen molar-refractivity contribution in [2.75, 3.05) is 7.11 Å². The van der Waals surface area contributed by atoms with E-state index in [1.165, 1.54) is 7.11 Å². The van der Waals surface area contributed by atoms with Crippen LogP contribution < -0.4 is 4.74 Å². The molecule has 0 N–H and O–H groups in total. The van der Waals surface area contributed by atoms with Gasteiger partial charge in [-0.05, 0) is 0 Å². The Hall–Kier alpha value is -0.970. The average Bonchev–Trinajstić information content (AvgIpc) is 2.16. The van der Waals surface area contributed by atoms with Crippen LogP contribution in [0.4, 0.5) is 13.2 Å². The second-order valence-corrected chi connectivity index (χ2v) is 2.70. The molecule has 1 rings (SSSR count). The first-order chi connectivity index (χ1) is 6.61. The summed E-state index contributed by atoms with van der Waals surface area (Å²) in [5, 5.41) is 0. The number of ether oxygens (including phenoxy) is 1. The van der Waals surface area contributed by atoms with Gasteiger partial charge in [0.05, 0.1) is 30.4 Å². The number of hydrogen-bond acceptors (Lipinski definition) is 2. The van der Waals surface area contributed by atoms with Gasteiger partial charge < -0.3 is 4.74 Å². The van der Waals surface area contributed by atoms with Gasteiger partial charge in [0, 0.05) is 0 Å². The Morgan fingerprint density at radius 3 is 2.64 bits per heavy atom. The number of halogens is 4. The molecule has 0 aliphatic rings. The van der Waals surface area contributed by atoms with Gasteiger partial charge in [0.15, 0.2) is 11.6 Å². The van der Waals surface area contributed by atoms with E-state index >= 15 is 0 Å². The highest BCUT2D eigenvalue weighted by molar-refractivity contribution is 6.17. The minimum absolute atomic E-state index is 0.103. The van der Waals surface area contributed by atoms with Crippen molar-refractivity contribution in [3.05, 3.63) is 23.3 Å². The van der Waals surface area contributed by atoms with Gasteiger partial charge in [-0.1, -0.05) is 0 Å². The largest absolute Gasteiger partial charge is 0.494 e. The van der Waals surface area contributed by atoms with Gasteiger partial charge in [0.25, 0.3) is 6.43 Å². The van der Waals surface area contributed by atoms with Crippen molar-refractivity contribution in [2.24, 2.45) is 0 Å².